The Morgan fingerprint density at radius 1 is 1.20 bits per heavy atom. The normalized spacial score (nSPS) is 14.8. The van der Waals surface area contributed by atoms with E-state index in [0.717, 1.165) is 30.8 Å². The third kappa shape index (κ3) is 6.50. The standard InChI is InChI=1S/C24H28ClN3O5S2/c1-32-18-6-8-19(9-7-18)35(30,31)17-10-22(29)28(12-3-11-27-13-15-33-16-14-27)24-26-23-20(25)4-2-5-21(23)34-24/h2,4-9H,3,10-17H2,1H3. The zero-order valence-electron chi connectivity index (χ0n) is 19.5. The molecule has 188 valence electrons. The van der Waals surface area contributed by atoms with Crippen molar-refractivity contribution in [3.63, 3.8) is 0 Å². The number of fused-ring (bicyclic) bond motifs is 1. The highest BCUT2D eigenvalue weighted by Crippen LogP contribution is 2.33. The predicted octanol–water partition coefficient (Wildman–Crippen LogP) is 3.88. The van der Waals surface area contributed by atoms with Gasteiger partial charge in [-0.15, -0.1) is 0 Å². The molecule has 0 N–H and O–H groups in total. The fraction of sp³-hybridized carbons (Fsp3) is 0.417. The lowest BCUT2D eigenvalue weighted by molar-refractivity contribution is -0.118. The second-order valence-electron chi connectivity index (χ2n) is 8.18. The lowest BCUT2D eigenvalue weighted by Crippen LogP contribution is -2.39. The van der Waals surface area contributed by atoms with Crippen molar-refractivity contribution in [2.24, 2.45) is 0 Å². The molecule has 1 fully saturated rings. The van der Waals surface area contributed by atoms with Crippen LogP contribution in [0, 0.1) is 0 Å². The molecule has 0 bridgehead atoms. The van der Waals surface area contributed by atoms with Crippen molar-refractivity contribution < 1.29 is 22.7 Å². The molecule has 1 amide bonds. The van der Waals surface area contributed by atoms with E-state index in [1.165, 1.54) is 30.6 Å². The van der Waals surface area contributed by atoms with E-state index >= 15 is 0 Å². The average Bonchev–Trinajstić information content (AvgIpc) is 3.31. The number of para-hydroxylation sites is 1. The van der Waals surface area contributed by atoms with Crippen molar-refractivity contribution >= 4 is 54.0 Å². The van der Waals surface area contributed by atoms with E-state index in [1.54, 1.807) is 23.1 Å². The number of carbonyl (C=O) groups excluding carboxylic acids is 1. The molecular formula is C24H28ClN3O5S2. The summed E-state index contributed by atoms with van der Waals surface area (Å²) in [5.41, 5.74) is 0.644. The molecule has 1 aliphatic heterocycles. The van der Waals surface area contributed by atoms with E-state index < -0.39 is 9.84 Å². The number of morpholine rings is 1. The van der Waals surface area contributed by atoms with Crippen LogP contribution in [0.15, 0.2) is 47.4 Å². The number of carbonyl (C=O) groups is 1. The minimum atomic E-state index is -3.63. The number of amides is 1. The number of halogens is 1. The Morgan fingerprint density at radius 2 is 1.94 bits per heavy atom. The van der Waals surface area contributed by atoms with Crippen molar-refractivity contribution in [1.82, 2.24) is 9.88 Å². The van der Waals surface area contributed by atoms with E-state index in [4.69, 9.17) is 21.1 Å². The largest absolute Gasteiger partial charge is 0.497 e. The summed E-state index contributed by atoms with van der Waals surface area (Å²) in [6.45, 7) is 4.42. The highest BCUT2D eigenvalue weighted by atomic mass is 35.5. The van der Waals surface area contributed by atoms with E-state index in [1.807, 2.05) is 12.1 Å². The third-order valence-electron chi connectivity index (χ3n) is 5.85. The molecule has 8 nitrogen and oxygen atoms in total. The van der Waals surface area contributed by atoms with E-state index in [0.29, 0.717) is 41.2 Å². The van der Waals surface area contributed by atoms with E-state index in [2.05, 4.69) is 9.88 Å². The number of sulfone groups is 1. The first kappa shape index (κ1) is 25.8. The summed E-state index contributed by atoms with van der Waals surface area (Å²) in [6, 6.07) is 11.7. The lowest BCUT2D eigenvalue weighted by atomic mass is 10.3. The number of benzene rings is 2. The maximum absolute atomic E-state index is 13.3. The molecule has 0 aliphatic carbocycles. The van der Waals surface area contributed by atoms with Gasteiger partial charge >= 0.3 is 0 Å². The fourth-order valence-corrected chi connectivity index (χ4v) is 6.42. The molecular weight excluding hydrogens is 510 g/mol. The van der Waals surface area contributed by atoms with Crippen molar-refractivity contribution in [2.45, 2.75) is 17.7 Å². The van der Waals surface area contributed by atoms with Gasteiger partial charge in [-0.25, -0.2) is 13.4 Å². The van der Waals surface area contributed by atoms with Crippen LogP contribution in [-0.2, 0) is 19.4 Å². The molecule has 4 rings (SSSR count). The number of ether oxygens (including phenoxy) is 2. The first-order chi connectivity index (χ1) is 16.9. The molecule has 0 spiro atoms. The second-order valence-corrected chi connectivity index (χ2v) is 11.7. The average molecular weight is 538 g/mol. The fourth-order valence-electron chi connectivity index (χ4n) is 3.88. The van der Waals surface area contributed by atoms with Crippen LogP contribution in [-0.4, -0.2) is 76.5 Å². The van der Waals surface area contributed by atoms with Gasteiger partial charge in [0.1, 0.15) is 11.3 Å². The molecule has 2 aromatic carbocycles. The number of rotatable bonds is 10. The maximum atomic E-state index is 13.3. The van der Waals surface area contributed by atoms with Crippen molar-refractivity contribution in [2.75, 3.05) is 57.2 Å². The summed E-state index contributed by atoms with van der Waals surface area (Å²) in [4.78, 5) is 22.0. The molecule has 11 heteroatoms. The molecule has 0 atom stereocenters. The maximum Gasteiger partial charge on any atom is 0.229 e. The van der Waals surface area contributed by atoms with Crippen molar-refractivity contribution in [1.29, 1.82) is 0 Å². The van der Waals surface area contributed by atoms with Crippen LogP contribution in [0.4, 0.5) is 5.13 Å². The summed E-state index contributed by atoms with van der Waals surface area (Å²) < 4.78 is 37.1. The molecule has 0 radical (unpaired) electrons. The Balaban J connectivity index is 1.48. The third-order valence-corrected chi connectivity index (χ3v) is 8.93. The summed E-state index contributed by atoms with van der Waals surface area (Å²) >= 11 is 7.69. The van der Waals surface area contributed by atoms with E-state index in [-0.39, 0.29) is 23.0 Å². The molecule has 1 aliphatic rings. The van der Waals surface area contributed by atoms with Gasteiger partial charge < -0.3 is 9.47 Å². The van der Waals surface area contributed by atoms with Gasteiger partial charge in [0.2, 0.25) is 5.91 Å². The lowest BCUT2D eigenvalue weighted by Gasteiger charge is -2.27. The highest BCUT2D eigenvalue weighted by molar-refractivity contribution is 7.91. The number of thiazole rings is 1. The SMILES string of the molecule is COc1ccc(S(=O)(=O)CCC(=O)N(CCCN2CCOCC2)c2nc3c(Cl)cccc3s2)cc1. The van der Waals surface area contributed by atoms with Gasteiger partial charge in [-0.1, -0.05) is 29.0 Å². The topological polar surface area (TPSA) is 89.0 Å². The van der Waals surface area contributed by atoms with Gasteiger partial charge in [-0.3, -0.25) is 14.6 Å². The second kappa shape index (κ2) is 11.7. The Bertz CT molecular complexity index is 1260. The zero-order chi connectivity index (χ0) is 24.8. The van der Waals surface area contributed by atoms with Gasteiger partial charge in [0.25, 0.3) is 0 Å². The highest BCUT2D eigenvalue weighted by Gasteiger charge is 2.24. The first-order valence-electron chi connectivity index (χ1n) is 11.4. The van der Waals surface area contributed by atoms with Gasteiger partial charge in [-0.05, 0) is 42.8 Å². The van der Waals surface area contributed by atoms with Crippen LogP contribution < -0.4 is 9.64 Å². The summed E-state index contributed by atoms with van der Waals surface area (Å²) in [7, 11) is -2.11. The summed E-state index contributed by atoms with van der Waals surface area (Å²) in [5, 5.41) is 1.05. The molecule has 0 saturated carbocycles. The number of hydrogen-bond donors (Lipinski definition) is 0. The van der Waals surface area contributed by atoms with Crippen LogP contribution in [0.5, 0.6) is 5.75 Å². The molecule has 2 heterocycles. The van der Waals surface area contributed by atoms with Crippen LogP contribution in [0.25, 0.3) is 10.2 Å². The van der Waals surface area contributed by atoms with Gasteiger partial charge in [-0.2, -0.15) is 0 Å². The number of anilines is 1. The Kier molecular flexibility index (Phi) is 8.61. The Hall–Kier alpha value is -2.24. The minimum Gasteiger partial charge on any atom is -0.497 e. The monoisotopic (exact) mass is 537 g/mol. The van der Waals surface area contributed by atoms with Crippen LogP contribution in [0.3, 0.4) is 0 Å². The smallest absolute Gasteiger partial charge is 0.229 e. The molecule has 1 aromatic heterocycles. The Labute approximate surface area is 214 Å². The van der Waals surface area contributed by atoms with Gasteiger partial charge in [0.15, 0.2) is 15.0 Å². The molecule has 0 unspecified atom stereocenters. The van der Waals surface area contributed by atoms with Crippen LogP contribution in [0.2, 0.25) is 5.02 Å². The van der Waals surface area contributed by atoms with Gasteiger partial charge in [0, 0.05) is 32.6 Å². The van der Waals surface area contributed by atoms with Gasteiger partial charge in [0.05, 0.1) is 40.7 Å². The first-order valence-corrected chi connectivity index (χ1v) is 14.2. The number of methoxy groups -OCH3 is 1. The van der Waals surface area contributed by atoms with E-state index in [9.17, 15) is 13.2 Å². The summed E-state index contributed by atoms with van der Waals surface area (Å²) in [5.74, 6) is 0.00394. The number of hydrogen-bond acceptors (Lipinski definition) is 8. The number of aromatic nitrogens is 1. The van der Waals surface area contributed by atoms with Crippen LogP contribution >= 0.6 is 22.9 Å². The molecule has 35 heavy (non-hydrogen) atoms. The predicted molar refractivity (Wildman–Crippen MR) is 139 cm³/mol. The summed E-state index contributed by atoms with van der Waals surface area (Å²) in [6.07, 6.45) is 0.593. The Morgan fingerprint density at radius 3 is 2.63 bits per heavy atom. The minimum absolute atomic E-state index is 0.143. The van der Waals surface area contributed by atoms with Crippen molar-refractivity contribution in [3.05, 3.63) is 47.5 Å². The quantitative estimate of drug-likeness (QED) is 0.388. The number of nitrogens with zero attached hydrogens (tertiary/aromatic N) is 3. The van der Waals surface area contributed by atoms with Crippen molar-refractivity contribution in [3.8, 4) is 5.75 Å². The van der Waals surface area contributed by atoms with Crippen LogP contribution in [0.1, 0.15) is 12.8 Å². The zero-order valence-corrected chi connectivity index (χ0v) is 21.9. The molecule has 1 saturated heterocycles. The molecule has 3 aromatic rings.